The second-order valence-electron chi connectivity index (χ2n) is 4.81. The Morgan fingerprint density at radius 2 is 1.85 bits per heavy atom. The number of nitrogens with two attached hydrogens (primary N) is 1. The highest BCUT2D eigenvalue weighted by Crippen LogP contribution is 2.28. The monoisotopic (exact) mass is 341 g/mol. The number of rotatable bonds is 8. The molecule has 3 N–H and O–H groups in total. The van der Waals surface area contributed by atoms with Gasteiger partial charge in [-0.3, -0.25) is 0 Å². The highest BCUT2D eigenvalue weighted by atomic mass is 79.9. The van der Waals surface area contributed by atoms with E-state index in [2.05, 4.69) is 39.8 Å². The lowest BCUT2D eigenvalue weighted by Gasteiger charge is -2.27. The van der Waals surface area contributed by atoms with E-state index in [1.807, 2.05) is 18.2 Å². The van der Waals surface area contributed by atoms with Crippen molar-refractivity contribution in [2.24, 2.45) is 10.9 Å². The lowest BCUT2D eigenvalue weighted by molar-refractivity contribution is 0.318. The van der Waals surface area contributed by atoms with Gasteiger partial charge in [-0.05, 0) is 40.9 Å². The summed E-state index contributed by atoms with van der Waals surface area (Å²) >= 11 is 3.49. The van der Waals surface area contributed by atoms with Gasteiger partial charge < -0.3 is 15.8 Å². The zero-order valence-corrected chi connectivity index (χ0v) is 13.9. The zero-order valence-electron chi connectivity index (χ0n) is 12.3. The molecule has 1 aromatic rings. The molecule has 112 valence electrons. The zero-order chi connectivity index (χ0) is 15.0. The maximum Gasteiger partial charge on any atom is 0.173 e. The quantitative estimate of drug-likeness (QED) is 0.325. The summed E-state index contributed by atoms with van der Waals surface area (Å²) in [6, 6.07) is 5.93. The summed E-state index contributed by atoms with van der Waals surface area (Å²) in [5, 5.41) is 12.2. The summed E-state index contributed by atoms with van der Waals surface area (Å²) in [6.07, 6.45) is 4.56. The maximum absolute atomic E-state index is 8.99. The molecule has 0 saturated carbocycles. The first kappa shape index (κ1) is 16.8. The van der Waals surface area contributed by atoms with Crippen LogP contribution in [0.3, 0.4) is 0 Å². The predicted octanol–water partition coefficient (Wildman–Crippen LogP) is 3.95. The van der Waals surface area contributed by atoms with Gasteiger partial charge in [0.1, 0.15) is 0 Å². The first-order chi connectivity index (χ1) is 9.65. The van der Waals surface area contributed by atoms with E-state index in [4.69, 9.17) is 10.9 Å². The fraction of sp³-hybridized carbons (Fsp3) is 0.533. The van der Waals surface area contributed by atoms with Gasteiger partial charge in [0.25, 0.3) is 0 Å². The number of halogens is 1. The number of nitrogens with zero attached hydrogens (tertiary/aromatic N) is 2. The molecule has 0 heterocycles. The average molecular weight is 342 g/mol. The Labute approximate surface area is 129 Å². The summed E-state index contributed by atoms with van der Waals surface area (Å²) in [6.45, 7) is 6.34. The normalized spacial score (nSPS) is 11.7. The molecule has 0 unspecified atom stereocenters. The van der Waals surface area contributed by atoms with E-state index >= 15 is 0 Å². The van der Waals surface area contributed by atoms with Crippen LogP contribution < -0.4 is 10.6 Å². The Morgan fingerprint density at radius 3 is 2.35 bits per heavy atom. The second-order valence-corrected chi connectivity index (χ2v) is 5.67. The number of anilines is 1. The molecule has 0 bridgehead atoms. The van der Waals surface area contributed by atoms with E-state index in [-0.39, 0.29) is 5.84 Å². The Kier molecular flexibility index (Phi) is 7.44. The third-order valence-corrected chi connectivity index (χ3v) is 3.92. The molecule has 0 radical (unpaired) electrons. The van der Waals surface area contributed by atoms with Crippen LogP contribution in [-0.4, -0.2) is 24.1 Å². The van der Waals surface area contributed by atoms with Crippen molar-refractivity contribution in [2.75, 3.05) is 18.0 Å². The Hall–Kier alpha value is -1.23. The molecular formula is C15H24BrN3O. The molecule has 1 aromatic carbocycles. The summed E-state index contributed by atoms with van der Waals surface area (Å²) in [4.78, 5) is 2.32. The van der Waals surface area contributed by atoms with E-state index in [1.54, 1.807) is 0 Å². The Balaban J connectivity index is 3.14. The van der Waals surface area contributed by atoms with Gasteiger partial charge in [0.15, 0.2) is 5.84 Å². The van der Waals surface area contributed by atoms with E-state index in [9.17, 15) is 0 Å². The van der Waals surface area contributed by atoms with Crippen LogP contribution in [0.5, 0.6) is 0 Å². The molecule has 0 saturated heterocycles. The molecule has 0 amide bonds. The molecule has 0 aliphatic rings. The van der Waals surface area contributed by atoms with Crippen molar-refractivity contribution < 1.29 is 5.21 Å². The van der Waals surface area contributed by atoms with E-state index < -0.39 is 0 Å². The van der Waals surface area contributed by atoms with Gasteiger partial charge in [-0.1, -0.05) is 37.9 Å². The summed E-state index contributed by atoms with van der Waals surface area (Å²) < 4.78 is 0.850. The number of oxime groups is 1. The second kappa shape index (κ2) is 8.84. The third-order valence-electron chi connectivity index (χ3n) is 3.26. The lowest BCUT2D eigenvalue weighted by Crippen LogP contribution is -2.29. The minimum atomic E-state index is 0.144. The van der Waals surface area contributed by atoms with E-state index in [0.29, 0.717) is 0 Å². The van der Waals surface area contributed by atoms with Gasteiger partial charge >= 0.3 is 0 Å². The molecule has 20 heavy (non-hydrogen) atoms. The molecule has 0 aliphatic heterocycles. The SMILES string of the molecule is CCCCN(CCCC)c1cccc(Br)c1/C(N)=N/O. The smallest absolute Gasteiger partial charge is 0.173 e. The number of hydrogen-bond donors (Lipinski definition) is 2. The van der Waals surface area contributed by atoms with Gasteiger partial charge in [0.2, 0.25) is 0 Å². The van der Waals surface area contributed by atoms with E-state index in [1.165, 1.54) is 0 Å². The van der Waals surface area contributed by atoms with Crippen LogP contribution in [0.15, 0.2) is 27.8 Å². The van der Waals surface area contributed by atoms with Crippen LogP contribution in [0, 0.1) is 0 Å². The molecule has 0 aromatic heterocycles. The van der Waals surface area contributed by atoms with Crippen LogP contribution in [0.4, 0.5) is 5.69 Å². The standard InChI is InChI=1S/C15H24BrN3O/c1-3-5-10-19(11-6-4-2)13-9-7-8-12(16)14(13)15(17)18-20/h7-9,20H,3-6,10-11H2,1-2H3,(H2,17,18). The molecule has 5 heteroatoms. The van der Waals surface area contributed by atoms with Gasteiger partial charge in [-0.15, -0.1) is 0 Å². The van der Waals surface area contributed by atoms with Crippen LogP contribution >= 0.6 is 15.9 Å². The maximum atomic E-state index is 8.99. The van der Waals surface area contributed by atoms with E-state index in [0.717, 1.165) is 54.5 Å². The molecule has 0 fully saturated rings. The molecule has 4 nitrogen and oxygen atoms in total. The van der Waals surface area contributed by atoms with Crippen molar-refractivity contribution >= 4 is 27.5 Å². The van der Waals surface area contributed by atoms with Crippen molar-refractivity contribution in [1.29, 1.82) is 0 Å². The van der Waals surface area contributed by atoms with Crippen molar-refractivity contribution in [3.63, 3.8) is 0 Å². The summed E-state index contributed by atoms with van der Waals surface area (Å²) in [7, 11) is 0. The minimum Gasteiger partial charge on any atom is -0.409 e. The minimum absolute atomic E-state index is 0.144. The number of hydrogen-bond acceptors (Lipinski definition) is 3. The van der Waals surface area contributed by atoms with Crippen molar-refractivity contribution in [3.05, 3.63) is 28.2 Å². The van der Waals surface area contributed by atoms with Gasteiger partial charge in [0, 0.05) is 23.2 Å². The van der Waals surface area contributed by atoms with Crippen LogP contribution in [0.2, 0.25) is 0 Å². The van der Waals surface area contributed by atoms with Crippen molar-refractivity contribution in [2.45, 2.75) is 39.5 Å². The molecular weight excluding hydrogens is 318 g/mol. The van der Waals surface area contributed by atoms with Gasteiger partial charge in [-0.25, -0.2) is 0 Å². The first-order valence-electron chi connectivity index (χ1n) is 7.17. The highest BCUT2D eigenvalue weighted by molar-refractivity contribution is 9.10. The number of unbranched alkanes of at least 4 members (excludes halogenated alkanes) is 2. The summed E-state index contributed by atoms with van der Waals surface area (Å²) in [5.74, 6) is 0.144. The molecule has 1 rings (SSSR count). The van der Waals surface area contributed by atoms with Crippen molar-refractivity contribution in [3.8, 4) is 0 Å². The summed E-state index contributed by atoms with van der Waals surface area (Å²) in [5.41, 5.74) is 7.62. The Morgan fingerprint density at radius 1 is 1.25 bits per heavy atom. The number of amidine groups is 1. The largest absolute Gasteiger partial charge is 0.409 e. The lowest BCUT2D eigenvalue weighted by atomic mass is 10.1. The molecule has 0 aliphatic carbocycles. The molecule has 0 spiro atoms. The van der Waals surface area contributed by atoms with Gasteiger partial charge in [0.05, 0.1) is 5.56 Å². The third kappa shape index (κ3) is 4.40. The topological polar surface area (TPSA) is 61.8 Å². The van der Waals surface area contributed by atoms with Crippen LogP contribution in [0.25, 0.3) is 0 Å². The first-order valence-corrected chi connectivity index (χ1v) is 7.96. The van der Waals surface area contributed by atoms with Crippen molar-refractivity contribution in [1.82, 2.24) is 0 Å². The van der Waals surface area contributed by atoms with Gasteiger partial charge in [-0.2, -0.15) is 0 Å². The fourth-order valence-corrected chi connectivity index (χ4v) is 2.69. The molecule has 0 atom stereocenters. The predicted molar refractivity (Wildman–Crippen MR) is 88.7 cm³/mol. The number of benzene rings is 1. The Bertz CT molecular complexity index is 441. The average Bonchev–Trinajstić information content (AvgIpc) is 2.46. The highest BCUT2D eigenvalue weighted by Gasteiger charge is 2.16. The van der Waals surface area contributed by atoms with Crippen LogP contribution in [-0.2, 0) is 0 Å². The van der Waals surface area contributed by atoms with Crippen LogP contribution in [0.1, 0.15) is 45.1 Å². The fourth-order valence-electron chi connectivity index (χ4n) is 2.13.